The van der Waals surface area contributed by atoms with E-state index in [1.807, 2.05) is 48.5 Å². The first-order valence-corrected chi connectivity index (χ1v) is 22.9. The Balaban J connectivity index is 1.01. The van der Waals surface area contributed by atoms with Gasteiger partial charge in [-0.1, -0.05) is 184 Å². The van der Waals surface area contributed by atoms with Crippen molar-refractivity contribution in [2.24, 2.45) is 0 Å². The lowest BCUT2D eigenvalue weighted by Crippen LogP contribution is -2.17. The summed E-state index contributed by atoms with van der Waals surface area (Å²) < 4.78 is 0. The molecule has 1 aliphatic carbocycles. The highest BCUT2D eigenvalue weighted by Gasteiger charge is 2.39. The van der Waals surface area contributed by atoms with E-state index in [0.29, 0.717) is 34.9 Å². The van der Waals surface area contributed by atoms with E-state index in [4.69, 9.17) is 29.9 Å². The average molecular weight is 865 g/mol. The molecule has 11 rings (SSSR count). The second kappa shape index (κ2) is 16.6. The van der Waals surface area contributed by atoms with Crippen molar-refractivity contribution in [1.29, 1.82) is 0 Å². The maximum Gasteiger partial charge on any atom is 0.164 e. The van der Waals surface area contributed by atoms with Crippen LogP contribution in [-0.4, -0.2) is 29.9 Å². The van der Waals surface area contributed by atoms with E-state index in [9.17, 15) is 0 Å². The molecule has 322 valence electrons. The van der Waals surface area contributed by atoms with Gasteiger partial charge in [0.2, 0.25) is 0 Å². The molecule has 10 aromatic rings. The van der Waals surface area contributed by atoms with Crippen molar-refractivity contribution in [2.75, 3.05) is 0 Å². The summed E-state index contributed by atoms with van der Waals surface area (Å²) in [5.74, 6) is 3.93. The van der Waals surface area contributed by atoms with Crippen LogP contribution in [0.15, 0.2) is 182 Å². The van der Waals surface area contributed by atoms with Crippen molar-refractivity contribution in [1.82, 2.24) is 29.9 Å². The molecule has 1 aliphatic rings. The Labute approximate surface area is 392 Å². The quantitative estimate of drug-likeness (QED) is 0.151. The van der Waals surface area contributed by atoms with Gasteiger partial charge >= 0.3 is 0 Å². The van der Waals surface area contributed by atoms with E-state index in [2.05, 4.69) is 175 Å². The minimum Gasteiger partial charge on any atom is -0.208 e. The van der Waals surface area contributed by atoms with Gasteiger partial charge in [-0.05, 0) is 107 Å². The molecule has 0 radical (unpaired) electrons. The predicted octanol–water partition coefficient (Wildman–Crippen LogP) is 14.9. The van der Waals surface area contributed by atoms with E-state index in [1.54, 1.807) is 0 Å². The van der Waals surface area contributed by atoms with E-state index in [-0.39, 0.29) is 5.41 Å². The van der Waals surface area contributed by atoms with Crippen LogP contribution in [0.25, 0.3) is 102 Å². The summed E-state index contributed by atoms with van der Waals surface area (Å²) in [5.41, 5.74) is 19.6. The SMILES string of the molecule is Cc1ccccc1-c1nc(-c2cccc(-c3cccc4c3C(C)(C)c3c(-c5cccc(-c6nc(-c7ccccc7C)nc(-c7ccccc7C)n6)c5)cccc3-4)c2)nc(-c2ccccc2C)n1. The molecule has 6 heteroatoms. The molecular formula is C61H48N6. The summed E-state index contributed by atoms with van der Waals surface area (Å²) in [5, 5.41) is 0. The van der Waals surface area contributed by atoms with E-state index >= 15 is 0 Å². The molecule has 8 aromatic carbocycles. The zero-order valence-electron chi connectivity index (χ0n) is 38.5. The molecule has 0 aliphatic heterocycles. The van der Waals surface area contributed by atoms with Gasteiger partial charge in [-0.15, -0.1) is 0 Å². The number of benzene rings is 8. The minimum atomic E-state index is -0.351. The fraction of sp³-hybridized carbons (Fsp3) is 0.115. The Morgan fingerprint density at radius 2 is 0.507 bits per heavy atom. The molecule has 0 amide bonds. The van der Waals surface area contributed by atoms with Crippen LogP contribution in [0.5, 0.6) is 0 Å². The second-order valence-electron chi connectivity index (χ2n) is 18.1. The molecule has 0 spiro atoms. The van der Waals surface area contributed by atoms with E-state index < -0.39 is 0 Å². The second-order valence-corrected chi connectivity index (χ2v) is 18.1. The molecule has 0 fully saturated rings. The van der Waals surface area contributed by atoms with Gasteiger partial charge in [0, 0.05) is 38.8 Å². The number of fused-ring (bicyclic) bond motifs is 3. The van der Waals surface area contributed by atoms with Crippen molar-refractivity contribution in [2.45, 2.75) is 47.0 Å². The van der Waals surface area contributed by atoms with Gasteiger partial charge in [0.1, 0.15) is 0 Å². The van der Waals surface area contributed by atoms with Crippen LogP contribution in [-0.2, 0) is 5.41 Å². The molecule has 67 heavy (non-hydrogen) atoms. The van der Waals surface area contributed by atoms with Gasteiger partial charge in [-0.2, -0.15) is 0 Å². The number of nitrogens with zero attached hydrogens (tertiary/aromatic N) is 6. The Kier molecular flexibility index (Phi) is 10.3. The molecule has 0 N–H and O–H groups in total. The fourth-order valence-corrected chi connectivity index (χ4v) is 9.95. The van der Waals surface area contributed by atoms with Crippen LogP contribution in [0.1, 0.15) is 47.2 Å². The lowest BCUT2D eigenvalue weighted by molar-refractivity contribution is 0.664. The maximum absolute atomic E-state index is 5.15. The molecule has 6 nitrogen and oxygen atoms in total. The van der Waals surface area contributed by atoms with Gasteiger partial charge in [-0.3, -0.25) is 0 Å². The van der Waals surface area contributed by atoms with Crippen LogP contribution < -0.4 is 0 Å². The largest absolute Gasteiger partial charge is 0.208 e. The van der Waals surface area contributed by atoms with Gasteiger partial charge in [0.15, 0.2) is 34.9 Å². The molecule has 0 saturated carbocycles. The molecule has 2 aromatic heterocycles. The number of aromatic nitrogens is 6. The normalized spacial score (nSPS) is 12.4. The maximum atomic E-state index is 5.15. The highest BCUT2D eigenvalue weighted by molar-refractivity contribution is 5.93. The highest BCUT2D eigenvalue weighted by Crippen LogP contribution is 2.55. The number of aryl methyl sites for hydroxylation is 4. The lowest BCUT2D eigenvalue weighted by atomic mass is 9.76. The van der Waals surface area contributed by atoms with Crippen LogP contribution in [0.4, 0.5) is 0 Å². The van der Waals surface area contributed by atoms with Crippen LogP contribution in [0.3, 0.4) is 0 Å². The Hall–Kier alpha value is -8.22. The smallest absolute Gasteiger partial charge is 0.164 e. The predicted molar refractivity (Wildman–Crippen MR) is 273 cm³/mol. The lowest BCUT2D eigenvalue weighted by Gasteiger charge is -2.27. The molecule has 0 bridgehead atoms. The van der Waals surface area contributed by atoms with Crippen LogP contribution in [0.2, 0.25) is 0 Å². The zero-order valence-corrected chi connectivity index (χ0v) is 38.5. The zero-order chi connectivity index (χ0) is 45.8. The first-order chi connectivity index (χ1) is 32.6. The first kappa shape index (κ1) is 41.5. The number of rotatable bonds is 8. The standard InChI is InChI=1S/C61H48N6/c1-37-19-7-11-27-45(37)57-62-55(63-58(66-57)46-28-12-8-20-38(46)2)43-25-15-23-41(35-43)49-31-17-33-51-52-34-18-32-50(54(52)61(5,6)53(49)51)42-24-16-26-44(36-42)56-64-59(47-29-13-9-21-39(47)3)67-60(65-56)48-30-14-10-22-40(48)4/h7-36H,1-6H3. The summed E-state index contributed by atoms with van der Waals surface area (Å²) in [4.78, 5) is 30.7. The van der Waals surface area contributed by atoms with E-state index in [1.165, 1.54) is 33.4 Å². The first-order valence-electron chi connectivity index (χ1n) is 22.9. The summed E-state index contributed by atoms with van der Waals surface area (Å²) in [7, 11) is 0. The Bertz CT molecular complexity index is 3210. The Morgan fingerprint density at radius 1 is 0.254 bits per heavy atom. The van der Waals surface area contributed by atoms with Crippen LogP contribution in [0, 0.1) is 27.7 Å². The van der Waals surface area contributed by atoms with Gasteiger partial charge < -0.3 is 0 Å². The van der Waals surface area contributed by atoms with Crippen molar-refractivity contribution in [3.8, 4) is 102 Å². The monoisotopic (exact) mass is 864 g/mol. The number of hydrogen-bond donors (Lipinski definition) is 0. The van der Waals surface area contributed by atoms with Crippen molar-refractivity contribution in [3.63, 3.8) is 0 Å². The third-order valence-corrected chi connectivity index (χ3v) is 13.3. The Morgan fingerprint density at radius 3 is 0.836 bits per heavy atom. The third-order valence-electron chi connectivity index (χ3n) is 13.3. The number of hydrogen-bond acceptors (Lipinski definition) is 6. The fourth-order valence-electron chi connectivity index (χ4n) is 9.95. The topological polar surface area (TPSA) is 77.3 Å². The van der Waals surface area contributed by atoms with Gasteiger partial charge in [0.25, 0.3) is 0 Å². The molecular weight excluding hydrogens is 817 g/mol. The molecule has 2 heterocycles. The summed E-state index contributed by atoms with van der Waals surface area (Å²) in [6.45, 7) is 13.1. The van der Waals surface area contributed by atoms with Gasteiger partial charge in [0.05, 0.1) is 0 Å². The van der Waals surface area contributed by atoms with Crippen molar-refractivity contribution < 1.29 is 0 Å². The molecule has 0 saturated heterocycles. The van der Waals surface area contributed by atoms with Crippen molar-refractivity contribution in [3.05, 3.63) is 215 Å². The summed E-state index contributed by atoms with van der Waals surface area (Å²) in [6, 6.07) is 63.9. The summed E-state index contributed by atoms with van der Waals surface area (Å²) in [6.07, 6.45) is 0. The average Bonchev–Trinajstić information content (AvgIpc) is 3.60. The van der Waals surface area contributed by atoms with Gasteiger partial charge in [-0.25, -0.2) is 29.9 Å². The molecule has 0 atom stereocenters. The van der Waals surface area contributed by atoms with E-state index in [0.717, 1.165) is 66.8 Å². The summed E-state index contributed by atoms with van der Waals surface area (Å²) >= 11 is 0. The van der Waals surface area contributed by atoms with Crippen LogP contribution >= 0.6 is 0 Å². The highest BCUT2D eigenvalue weighted by atomic mass is 15.0. The third kappa shape index (κ3) is 7.41. The minimum absolute atomic E-state index is 0.351. The molecule has 0 unspecified atom stereocenters. The van der Waals surface area contributed by atoms with Crippen molar-refractivity contribution >= 4 is 0 Å².